The second-order valence-electron chi connectivity index (χ2n) is 3.49. The van der Waals surface area contributed by atoms with Gasteiger partial charge < -0.3 is 0 Å². The Morgan fingerprint density at radius 3 is 3.00 bits per heavy atom. The van der Waals surface area contributed by atoms with E-state index >= 15 is 0 Å². The van der Waals surface area contributed by atoms with Gasteiger partial charge >= 0.3 is 0 Å². The Labute approximate surface area is 104 Å². The van der Waals surface area contributed by atoms with Gasteiger partial charge in [-0.1, -0.05) is 47.9 Å². The third-order valence-electron chi connectivity index (χ3n) is 2.24. The Hall–Kier alpha value is -1.79. The first-order valence-electron chi connectivity index (χ1n) is 5.22. The molecule has 0 unspecified atom stereocenters. The largest absolute Gasteiger partial charge is 0.288 e. The lowest BCUT2D eigenvalue weighted by molar-refractivity contribution is -0.109. The summed E-state index contributed by atoms with van der Waals surface area (Å²) in [5, 5.41) is 2.27. The highest BCUT2D eigenvalue weighted by Gasteiger charge is 1.97. The third kappa shape index (κ3) is 3.08. The van der Waals surface area contributed by atoms with E-state index in [0.717, 1.165) is 16.3 Å². The number of pyridine rings is 1. The molecule has 1 aromatic heterocycles. The Bertz CT molecular complexity index is 605. The first-order valence-corrected chi connectivity index (χ1v) is 6.21. The van der Waals surface area contributed by atoms with E-state index in [4.69, 9.17) is 0 Å². The van der Waals surface area contributed by atoms with E-state index in [1.807, 2.05) is 30.5 Å². The molecule has 0 aliphatic heterocycles. The third-order valence-corrected chi connectivity index (χ3v) is 2.93. The fourth-order valence-corrected chi connectivity index (χ4v) is 1.83. The van der Waals surface area contributed by atoms with Crippen molar-refractivity contribution in [2.45, 2.75) is 6.92 Å². The summed E-state index contributed by atoms with van der Waals surface area (Å²) in [6, 6.07) is 8.00. The Balaban J connectivity index is 2.26. The van der Waals surface area contributed by atoms with Crippen molar-refractivity contribution in [2.75, 3.05) is 5.75 Å². The molecule has 0 aliphatic rings. The molecule has 84 valence electrons. The number of benzene rings is 1. The molecule has 0 bridgehead atoms. The quantitative estimate of drug-likeness (QED) is 0.719. The molecule has 1 aromatic carbocycles. The zero-order chi connectivity index (χ0) is 12.1. The van der Waals surface area contributed by atoms with E-state index in [-0.39, 0.29) is 5.12 Å². The maximum Gasteiger partial charge on any atom is 0.186 e. The lowest BCUT2D eigenvalue weighted by Gasteiger charge is -1.98. The van der Waals surface area contributed by atoms with Crippen molar-refractivity contribution in [3.63, 3.8) is 0 Å². The Kier molecular flexibility index (Phi) is 3.79. The van der Waals surface area contributed by atoms with Crippen LogP contribution in [0.5, 0.6) is 0 Å². The van der Waals surface area contributed by atoms with Crippen LogP contribution in [0.4, 0.5) is 0 Å². The maximum absolute atomic E-state index is 10.8. The number of hydrogen-bond acceptors (Lipinski definition) is 3. The van der Waals surface area contributed by atoms with Crippen molar-refractivity contribution >= 4 is 27.6 Å². The summed E-state index contributed by atoms with van der Waals surface area (Å²) >= 11 is 1.22. The molecule has 0 aliphatic carbocycles. The van der Waals surface area contributed by atoms with E-state index < -0.39 is 0 Å². The number of nitrogens with zero attached hydrogens (tertiary/aromatic N) is 1. The molecule has 1 heterocycles. The number of rotatable bonds is 1. The minimum Gasteiger partial charge on any atom is -0.288 e. The smallest absolute Gasteiger partial charge is 0.186 e. The van der Waals surface area contributed by atoms with Gasteiger partial charge in [-0.2, -0.15) is 0 Å². The van der Waals surface area contributed by atoms with Gasteiger partial charge in [-0.05, 0) is 0 Å². The number of aromatic nitrogens is 1. The second-order valence-corrected chi connectivity index (χ2v) is 4.64. The van der Waals surface area contributed by atoms with Crippen LogP contribution in [0.1, 0.15) is 12.5 Å². The number of carbonyl (C=O) groups is 1. The van der Waals surface area contributed by atoms with Gasteiger partial charge in [-0.15, -0.1) is 0 Å². The van der Waals surface area contributed by atoms with Gasteiger partial charge in [0.05, 0.1) is 11.3 Å². The van der Waals surface area contributed by atoms with E-state index in [1.54, 1.807) is 13.1 Å². The van der Waals surface area contributed by atoms with Crippen LogP contribution >= 0.6 is 11.8 Å². The molecule has 0 N–H and O–H groups in total. The van der Waals surface area contributed by atoms with Gasteiger partial charge in [0.1, 0.15) is 0 Å². The molecule has 2 nitrogen and oxygen atoms in total. The standard InChI is InChI=1S/C14H11NOS/c1-11(16)17-8-4-6-13-10-15-9-12-5-2-3-7-14(12)13/h2-3,5,7,9-10H,8H2,1H3. The summed E-state index contributed by atoms with van der Waals surface area (Å²) < 4.78 is 0. The lowest BCUT2D eigenvalue weighted by atomic mass is 10.1. The maximum atomic E-state index is 10.8. The molecule has 0 amide bonds. The fourth-order valence-electron chi connectivity index (χ4n) is 1.49. The van der Waals surface area contributed by atoms with E-state index in [2.05, 4.69) is 16.8 Å². The summed E-state index contributed by atoms with van der Waals surface area (Å²) in [6.07, 6.45) is 3.58. The van der Waals surface area contributed by atoms with Crippen molar-refractivity contribution < 1.29 is 4.79 Å². The highest BCUT2D eigenvalue weighted by atomic mass is 32.2. The number of thioether (sulfide) groups is 1. The zero-order valence-electron chi connectivity index (χ0n) is 9.43. The minimum atomic E-state index is 0.0929. The molecule has 0 spiro atoms. The fraction of sp³-hybridized carbons (Fsp3) is 0.143. The predicted octanol–water partition coefficient (Wildman–Crippen LogP) is 2.87. The van der Waals surface area contributed by atoms with Gasteiger partial charge in [0.15, 0.2) is 5.12 Å². The van der Waals surface area contributed by atoms with Crippen molar-refractivity contribution in [1.82, 2.24) is 4.98 Å². The first-order chi connectivity index (χ1) is 8.27. The van der Waals surface area contributed by atoms with Crippen LogP contribution in [0.2, 0.25) is 0 Å². The monoisotopic (exact) mass is 241 g/mol. The highest BCUT2D eigenvalue weighted by Crippen LogP contribution is 2.15. The number of carbonyl (C=O) groups excluding carboxylic acids is 1. The van der Waals surface area contributed by atoms with Crippen LogP contribution in [-0.2, 0) is 4.79 Å². The molecule has 0 saturated heterocycles. The molecule has 0 saturated carbocycles. The van der Waals surface area contributed by atoms with Gasteiger partial charge in [-0.25, -0.2) is 0 Å². The van der Waals surface area contributed by atoms with Crippen LogP contribution in [0.3, 0.4) is 0 Å². The summed E-state index contributed by atoms with van der Waals surface area (Å²) in [5.41, 5.74) is 0.909. The van der Waals surface area contributed by atoms with Crippen molar-refractivity contribution in [1.29, 1.82) is 0 Å². The Morgan fingerprint density at radius 2 is 2.18 bits per heavy atom. The second kappa shape index (κ2) is 5.51. The normalized spacial score (nSPS) is 9.71. The number of fused-ring (bicyclic) bond motifs is 1. The van der Waals surface area contributed by atoms with Crippen LogP contribution in [0.15, 0.2) is 36.7 Å². The summed E-state index contributed by atoms with van der Waals surface area (Å²) in [5.74, 6) is 6.56. The van der Waals surface area contributed by atoms with Gasteiger partial charge in [0.25, 0.3) is 0 Å². The Morgan fingerprint density at radius 1 is 1.35 bits per heavy atom. The van der Waals surface area contributed by atoms with Crippen LogP contribution in [0.25, 0.3) is 10.8 Å². The van der Waals surface area contributed by atoms with Crippen LogP contribution < -0.4 is 0 Å². The topological polar surface area (TPSA) is 30.0 Å². The van der Waals surface area contributed by atoms with Crippen LogP contribution in [-0.4, -0.2) is 15.9 Å². The average Bonchev–Trinajstić information content (AvgIpc) is 2.34. The molecule has 2 rings (SSSR count). The van der Waals surface area contributed by atoms with E-state index in [0.29, 0.717) is 5.75 Å². The average molecular weight is 241 g/mol. The van der Waals surface area contributed by atoms with Crippen LogP contribution in [0, 0.1) is 11.8 Å². The summed E-state index contributed by atoms with van der Waals surface area (Å²) in [6.45, 7) is 1.55. The van der Waals surface area contributed by atoms with Gasteiger partial charge in [0.2, 0.25) is 0 Å². The lowest BCUT2D eigenvalue weighted by Crippen LogP contribution is -1.84. The molecule has 0 atom stereocenters. The first kappa shape index (κ1) is 11.7. The molecule has 0 fully saturated rings. The molecule has 3 heteroatoms. The predicted molar refractivity (Wildman–Crippen MR) is 71.8 cm³/mol. The molecule has 17 heavy (non-hydrogen) atoms. The molecule has 0 radical (unpaired) electrons. The molecule has 2 aromatic rings. The van der Waals surface area contributed by atoms with Gasteiger partial charge in [-0.3, -0.25) is 9.78 Å². The zero-order valence-corrected chi connectivity index (χ0v) is 10.3. The van der Waals surface area contributed by atoms with Crippen molar-refractivity contribution in [3.8, 4) is 11.8 Å². The summed E-state index contributed by atoms with van der Waals surface area (Å²) in [4.78, 5) is 14.9. The van der Waals surface area contributed by atoms with E-state index in [1.165, 1.54) is 11.8 Å². The van der Waals surface area contributed by atoms with Crippen molar-refractivity contribution in [2.24, 2.45) is 0 Å². The SMILES string of the molecule is CC(=O)SCC#Cc1cncc2ccccc12. The number of hydrogen-bond donors (Lipinski definition) is 0. The van der Waals surface area contributed by atoms with Crippen molar-refractivity contribution in [3.05, 3.63) is 42.2 Å². The minimum absolute atomic E-state index is 0.0929. The molecular formula is C14H11NOS. The molecular weight excluding hydrogens is 230 g/mol. The summed E-state index contributed by atoms with van der Waals surface area (Å²) in [7, 11) is 0. The van der Waals surface area contributed by atoms with Gasteiger partial charge in [0, 0.05) is 30.1 Å². The highest BCUT2D eigenvalue weighted by molar-refractivity contribution is 8.13. The van der Waals surface area contributed by atoms with E-state index in [9.17, 15) is 4.79 Å².